The monoisotopic (exact) mass is 359 g/mol. The van der Waals surface area contributed by atoms with Crippen molar-refractivity contribution in [1.29, 1.82) is 0 Å². The molecule has 0 radical (unpaired) electrons. The van der Waals surface area contributed by atoms with Crippen molar-refractivity contribution in [2.24, 2.45) is 5.18 Å². The molecule has 1 aromatic carbocycles. The van der Waals surface area contributed by atoms with Crippen molar-refractivity contribution in [2.45, 2.75) is 0 Å². The van der Waals surface area contributed by atoms with Crippen molar-refractivity contribution < 1.29 is 28.4 Å². The fraction of sp³-hybridized carbons (Fsp3) is 0. The van der Waals surface area contributed by atoms with Crippen molar-refractivity contribution in [3.05, 3.63) is 23.1 Å². The summed E-state index contributed by atoms with van der Waals surface area (Å²) in [5, 5.41) is 11.9. The van der Waals surface area contributed by atoms with E-state index < -0.39 is 23.3 Å². The number of hydrogen-bond donors (Lipinski definition) is 1. The Labute approximate surface area is 79.2 Å². The van der Waals surface area contributed by atoms with E-state index in [1.807, 2.05) is 0 Å². The van der Waals surface area contributed by atoms with Gasteiger partial charge in [-0.25, -0.2) is 0 Å². The second-order valence-electron chi connectivity index (χ2n) is 2.04. The summed E-state index contributed by atoms with van der Waals surface area (Å²) in [5.41, 5.74) is 0.332. The predicted molar refractivity (Wildman–Crippen MR) is 39.0 cm³/mol. The predicted octanol–water partition coefficient (Wildman–Crippen LogP) is 1.65. The second-order valence-corrected chi connectivity index (χ2v) is 8.38. The summed E-state index contributed by atoms with van der Waals surface area (Å²) in [7, 11) is 5.68. The van der Waals surface area contributed by atoms with Crippen LogP contribution in [0.5, 0.6) is 5.75 Å². The van der Waals surface area contributed by atoms with Crippen LogP contribution in [0.3, 0.4) is 0 Å². The number of hydrogen-bond acceptors (Lipinski definition) is 3. The molecule has 3 nitrogen and oxygen atoms in total. The molecule has 0 amide bonds. The number of phenols is 1. The van der Waals surface area contributed by atoms with Crippen LogP contribution in [0.4, 0.5) is 5.69 Å². The van der Waals surface area contributed by atoms with Crippen LogP contribution in [-0.2, 0) is 23.3 Å². The number of halogens is 1. The van der Waals surface area contributed by atoms with Crippen LogP contribution < -0.4 is 3.07 Å². The van der Waals surface area contributed by atoms with Gasteiger partial charge in [0, 0.05) is 0 Å². The van der Waals surface area contributed by atoms with E-state index >= 15 is 0 Å². The first kappa shape index (κ1) is 8.94. The number of nitrogens with zero attached hydrogens (tertiary/aromatic N) is 1. The Morgan fingerprint density at radius 1 is 1.55 bits per heavy atom. The summed E-state index contributed by atoms with van der Waals surface area (Å²) >= 11 is -1.62. The van der Waals surface area contributed by atoms with Gasteiger partial charge in [-0.05, 0) is 0 Å². The molecule has 0 aliphatic carbocycles. The van der Waals surface area contributed by atoms with E-state index in [0.29, 0.717) is 5.69 Å². The van der Waals surface area contributed by atoms with E-state index in [9.17, 15) is 4.91 Å². The minimum absolute atomic E-state index is 0.189. The van der Waals surface area contributed by atoms with Crippen LogP contribution in [0.25, 0.3) is 0 Å². The maximum absolute atomic E-state index is 10.0. The van der Waals surface area contributed by atoms with Gasteiger partial charge in [0.25, 0.3) is 0 Å². The van der Waals surface area contributed by atoms with E-state index in [2.05, 4.69) is 5.18 Å². The molecule has 0 saturated carbocycles. The normalized spacial score (nSPS) is 8.82. The molecule has 1 N–H and O–H groups in total. The van der Waals surface area contributed by atoms with Crippen LogP contribution in [0.1, 0.15) is 0 Å². The SMILES string of the molecule is O=Nc1ccc(O)[c]([Hg][Cl])c1. The maximum atomic E-state index is 10.0. The molecule has 0 unspecified atom stereocenters. The average Bonchev–Trinajstić information content (AvgIpc) is 2.05. The first-order valence-corrected chi connectivity index (χ1v) is 12.5. The molecule has 0 spiro atoms. The Morgan fingerprint density at radius 3 is 2.82 bits per heavy atom. The molecule has 5 heteroatoms. The fourth-order valence-corrected chi connectivity index (χ4v) is 4.72. The summed E-state index contributed by atoms with van der Waals surface area (Å²) in [6, 6.07) is 4.47. The molecule has 1 rings (SSSR count). The van der Waals surface area contributed by atoms with Crippen molar-refractivity contribution in [3.63, 3.8) is 0 Å². The van der Waals surface area contributed by atoms with Crippen LogP contribution in [0.15, 0.2) is 23.4 Å². The van der Waals surface area contributed by atoms with Gasteiger partial charge in [0.15, 0.2) is 0 Å². The molecule has 0 heterocycles. The van der Waals surface area contributed by atoms with Gasteiger partial charge in [-0.1, -0.05) is 0 Å². The first-order valence-electron chi connectivity index (χ1n) is 2.99. The zero-order valence-corrected chi connectivity index (χ0v) is 11.9. The van der Waals surface area contributed by atoms with Gasteiger partial charge in [0.05, 0.1) is 0 Å². The molecular weight excluding hydrogens is 354 g/mol. The first-order chi connectivity index (χ1) is 5.27. The van der Waals surface area contributed by atoms with Crippen molar-refractivity contribution >= 4 is 17.0 Å². The summed E-state index contributed by atoms with van der Waals surface area (Å²) in [5.74, 6) is 0.189. The van der Waals surface area contributed by atoms with Crippen molar-refractivity contribution in [3.8, 4) is 5.75 Å². The molecule has 0 aliphatic rings. The molecule has 11 heavy (non-hydrogen) atoms. The van der Waals surface area contributed by atoms with Crippen LogP contribution >= 0.6 is 8.25 Å². The third kappa shape index (κ3) is 2.14. The molecule has 0 aliphatic heterocycles. The molecule has 0 bridgehead atoms. The van der Waals surface area contributed by atoms with Gasteiger partial charge in [-0.3, -0.25) is 0 Å². The van der Waals surface area contributed by atoms with Crippen molar-refractivity contribution in [2.75, 3.05) is 0 Å². The Balaban J connectivity index is 3.12. The van der Waals surface area contributed by atoms with Gasteiger partial charge < -0.3 is 0 Å². The standard InChI is InChI=1S/C6H4NO2.ClH.Hg/c8-6-3-1-5(7-9)2-4-6;;/h1-3,8H;1H;/q;;+1/p-1. The number of nitroso groups, excluding NO2 is 1. The summed E-state index contributed by atoms with van der Waals surface area (Å²) in [6.45, 7) is 0. The van der Waals surface area contributed by atoms with Gasteiger partial charge >= 0.3 is 79.5 Å². The van der Waals surface area contributed by atoms with Gasteiger partial charge in [0.2, 0.25) is 0 Å². The zero-order chi connectivity index (χ0) is 8.27. The third-order valence-corrected chi connectivity index (χ3v) is 7.16. The third-order valence-electron chi connectivity index (χ3n) is 1.31. The average molecular weight is 358 g/mol. The van der Waals surface area contributed by atoms with Crippen LogP contribution in [0, 0.1) is 4.91 Å². The molecule has 54 valence electrons. The Morgan fingerprint density at radius 2 is 2.27 bits per heavy atom. The summed E-state index contributed by atoms with van der Waals surface area (Å²) in [4.78, 5) is 10.0. The molecule has 0 fully saturated rings. The van der Waals surface area contributed by atoms with E-state index in [-0.39, 0.29) is 5.75 Å². The van der Waals surface area contributed by atoms with Gasteiger partial charge in [-0.15, -0.1) is 0 Å². The van der Waals surface area contributed by atoms with Crippen molar-refractivity contribution in [1.82, 2.24) is 0 Å². The fourth-order valence-electron chi connectivity index (χ4n) is 0.736. The van der Waals surface area contributed by atoms with E-state index in [4.69, 9.17) is 13.4 Å². The zero-order valence-electron chi connectivity index (χ0n) is 5.62. The molecule has 1 aromatic rings. The molecule has 0 saturated heterocycles. The quantitative estimate of drug-likeness (QED) is 0.646. The van der Waals surface area contributed by atoms with E-state index in [0.717, 1.165) is 3.07 Å². The van der Waals surface area contributed by atoms with Gasteiger partial charge in [0.1, 0.15) is 0 Å². The minimum atomic E-state index is -1.62. The van der Waals surface area contributed by atoms with Crippen LogP contribution in [0.2, 0.25) is 0 Å². The summed E-state index contributed by atoms with van der Waals surface area (Å²) < 4.78 is 0.740. The van der Waals surface area contributed by atoms with E-state index in [1.165, 1.54) is 12.1 Å². The molecule has 0 aromatic heterocycles. The number of phenolic OH excluding ortho intramolecular Hbond substituents is 1. The Kier molecular flexibility index (Phi) is 3.26. The number of rotatable bonds is 2. The Bertz CT molecular complexity index is 279. The Hall–Kier alpha value is -0.155. The summed E-state index contributed by atoms with van der Waals surface area (Å²) in [6.07, 6.45) is 0. The second kappa shape index (κ2) is 4.02. The van der Waals surface area contributed by atoms with E-state index in [1.54, 1.807) is 6.07 Å². The number of aromatic hydroxyl groups is 1. The molecule has 0 atom stereocenters. The number of benzene rings is 1. The van der Waals surface area contributed by atoms with Gasteiger partial charge in [-0.2, -0.15) is 0 Å². The van der Waals surface area contributed by atoms with Crippen LogP contribution in [-0.4, -0.2) is 5.11 Å². The molecular formula is C6H4ClHgNO2. The topological polar surface area (TPSA) is 49.7 Å².